The fourth-order valence-corrected chi connectivity index (χ4v) is 2.46. The van der Waals surface area contributed by atoms with Crippen LogP contribution in [0.4, 0.5) is 0 Å². The number of aliphatic carboxylic acids is 1. The summed E-state index contributed by atoms with van der Waals surface area (Å²) in [5.41, 5.74) is 0.318. The van der Waals surface area contributed by atoms with E-state index in [0.717, 1.165) is 10.7 Å². The van der Waals surface area contributed by atoms with Crippen LogP contribution in [0.15, 0.2) is 5.38 Å². The van der Waals surface area contributed by atoms with Gasteiger partial charge in [0.25, 0.3) is 0 Å². The Kier molecular flexibility index (Phi) is 5.05. The lowest BCUT2D eigenvalue weighted by atomic mass is 9.80. The van der Waals surface area contributed by atoms with Crippen molar-refractivity contribution in [2.75, 3.05) is 6.54 Å². The number of aromatic nitrogens is 1. The summed E-state index contributed by atoms with van der Waals surface area (Å²) >= 11 is 1.56. The van der Waals surface area contributed by atoms with Gasteiger partial charge in [-0.2, -0.15) is 0 Å². The normalized spacial score (nSPS) is 13.1. The van der Waals surface area contributed by atoms with E-state index < -0.39 is 23.2 Å². The summed E-state index contributed by atoms with van der Waals surface area (Å²) in [5.74, 6) is -2.56. The van der Waals surface area contributed by atoms with E-state index in [9.17, 15) is 9.59 Å². The van der Waals surface area contributed by atoms with Gasteiger partial charge in [0.1, 0.15) is 5.92 Å². The summed E-state index contributed by atoms with van der Waals surface area (Å²) in [6, 6.07) is 0. The van der Waals surface area contributed by atoms with Crippen LogP contribution in [0.1, 0.15) is 31.5 Å². The second kappa shape index (κ2) is 6.14. The Morgan fingerprint density at radius 3 is 2.53 bits per heavy atom. The third kappa shape index (κ3) is 4.63. The molecular weight excluding hydrogens is 264 g/mol. The molecule has 19 heavy (non-hydrogen) atoms. The Bertz CT molecular complexity index is 463. The number of hydrogen-bond donors (Lipinski definition) is 2. The highest BCUT2D eigenvalue weighted by Crippen LogP contribution is 2.26. The Morgan fingerprint density at radius 1 is 1.47 bits per heavy atom. The number of carbonyl (C=O) groups excluding carboxylic acids is 1. The molecule has 1 aromatic heterocycles. The first-order chi connectivity index (χ1) is 8.71. The third-order valence-electron chi connectivity index (χ3n) is 2.72. The van der Waals surface area contributed by atoms with E-state index in [0.29, 0.717) is 13.0 Å². The van der Waals surface area contributed by atoms with Gasteiger partial charge in [-0.05, 0) is 12.3 Å². The molecule has 1 unspecified atom stereocenters. The molecule has 0 aliphatic heterocycles. The molecule has 0 bridgehead atoms. The van der Waals surface area contributed by atoms with Gasteiger partial charge in [-0.3, -0.25) is 9.59 Å². The number of nitrogens with zero attached hydrogens (tertiary/aromatic N) is 1. The molecule has 0 saturated heterocycles. The van der Waals surface area contributed by atoms with Crippen molar-refractivity contribution in [1.82, 2.24) is 10.3 Å². The monoisotopic (exact) mass is 284 g/mol. The molecule has 0 aliphatic carbocycles. The molecule has 1 rings (SSSR count). The predicted molar refractivity (Wildman–Crippen MR) is 74.1 cm³/mol. The van der Waals surface area contributed by atoms with Gasteiger partial charge in [0.05, 0.1) is 10.7 Å². The van der Waals surface area contributed by atoms with Crippen molar-refractivity contribution in [2.24, 2.45) is 11.3 Å². The molecule has 1 amide bonds. The van der Waals surface area contributed by atoms with Gasteiger partial charge >= 0.3 is 5.97 Å². The van der Waals surface area contributed by atoms with Crippen molar-refractivity contribution in [2.45, 2.75) is 34.1 Å². The van der Waals surface area contributed by atoms with Crippen molar-refractivity contribution < 1.29 is 14.7 Å². The Labute approximate surface area is 117 Å². The van der Waals surface area contributed by atoms with E-state index in [-0.39, 0.29) is 0 Å². The zero-order valence-corrected chi connectivity index (χ0v) is 12.5. The van der Waals surface area contributed by atoms with Gasteiger partial charge in [0.2, 0.25) is 5.91 Å². The van der Waals surface area contributed by atoms with Crippen LogP contribution in [0, 0.1) is 18.3 Å². The molecule has 1 atom stereocenters. The molecule has 0 aromatic carbocycles. The van der Waals surface area contributed by atoms with Gasteiger partial charge in [-0.25, -0.2) is 4.98 Å². The van der Waals surface area contributed by atoms with Crippen molar-refractivity contribution in [3.8, 4) is 0 Å². The SMILES string of the molecule is Cc1nc(CCNC(=O)C(C(=O)O)C(C)(C)C)cs1. The summed E-state index contributed by atoms with van der Waals surface area (Å²) in [4.78, 5) is 27.4. The van der Waals surface area contributed by atoms with Crippen LogP contribution < -0.4 is 5.32 Å². The maximum atomic E-state index is 11.9. The quantitative estimate of drug-likeness (QED) is 0.809. The third-order valence-corrected chi connectivity index (χ3v) is 3.54. The Balaban J connectivity index is 2.52. The van der Waals surface area contributed by atoms with Crippen molar-refractivity contribution in [3.63, 3.8) is 0 Å². The molecule has 0 spiro atoms. The topological polar surface area (TPSA) is 79.3 Å². The van der Waals surface area contributed by atoms with Crippen molar-refractivity contribution in [3.05, 3.63) is 16.1 Å². The minimum atomic E-state index is -1.09. The highest BCUT2D eigenvalue weighted by atomic mass is 32.1. The molecule has 0 aliphatic rings. The fraction of sp³-hybridized carbons (Fsp3) is 0.615. The van der Waals surface area contributed by atoms with Crippen LogP contribution in [-0.4, -0.2) is 28.5 Å². The van der Waals surface area contributed by atoms with E-state index in [1.165, 1.54) is 0 Å². The number of carbonyl (C=O) groups is 2. The van der Waals surface area contributed by atoms with Crippen LogP contribution in [0.25, 0.3) is 0 Å². The number of aryl methyl sites for hydroxylation is 1. The van der Waals surface area contributed by atoms with E-state index in [2.05, 4.69) is 10.3 Å². The lowest BCUT2D eigenvalue weighted by molar-refractivity contribution is -0.151. The zero-order chi connectivity index (χ0) is 14.6. The fourth-order valence-electron chi connectivity index (χ4n) is 1.81. The summed E-state index contributed by atoms with van der Waals surface area (Å²) in [6.07, 6.45) is 0.618. The molecule has 1 aromatic rings. The number of nitrogens with one attached hydrogen (secondary N) is 1. The van der Waals surface area contributed by atoms with E-state index in [1.807, 2.05) is 12.3 Å². The number of carboxylic acids is 1. The minimum absolute atomic E-state index is 0.405. The van der Waals surface area contributed by atoms with E-state index in [1.54, 1.807) is 32.1 Å². The minimum Gasteiger partial charge on any atom is -0.481 e. The molecule has 6 heteroatoms. The zero-order valence-electron chi connectivity index (χ0n) is 11.7. The molecule has 0 fully saturated rings. The van der Waals surface area contributed by atoms with Gasteiger partial charge in [0, 0.05) is 18.3 Å². The number of hydrogen-bond acceptors (Lipinski definition) is 4. The second-order valence-corrected chi connectivity index (χ2v) is 6.60. The van der Waals surface area contributed by atoms with Gasteiger partial charge < -0.3 is 10.4 Å². The standard InChI is InChI=1S/C13H20N2O3S/c1-8-15-9(7-19-8)5-6-14-11(16)10(12(17)18)13(2,3)4/h7,10H,5-6H2,1-4H3,(H,14,16)(H,17,18). The van der Waals surface area contributed by atoms with Crippen LogP contribution in [-0.2, 0) is 16.0 Å². The number of thiazole rings is 1. The molecule has 1 heterocycles. The molecule has 2 N–H and O–H groups in total. The molecule has 0 saturated carbocycles. The molecule has 106 valence electrons. The maximum absolute atomic E-state index is 11.9. The summed E-state index contributed by atoms with van der Waals surface area (Å²) in [5, 5.41) is 14.7. The average Bonchev–Trinajstić information content (AvgIpc) is 2.61. The van der Waals surface area contributed by atoms with Crippen LogP contribution >= 0.6 is 11.3 Å². The summed E-state index contributed by atoms with van der Waals surface area (Å²) in [6.45, 7) is 7.56. The summed E-state index contributed by atoms with van der Waals surface area (Å²) < 4.78 is 0. The molecule has 5 nitrogen and oxygen atoms in total. The van der Waals surface area contributed by atoms with Gasteiger partial charge in [-0.15, -0.1) is 11.3 Å². The molecular formula is C13H20N2O3S. The van der Waals surface area contributed by atoms with Gasteiger partial charge in [-0.1, -0.05) is 20.8 Å². The smallest absolute Gasteiger partial charge is 0.316 e. The van der Waals surface area contributed by atoms with Crippen LogP contribution in [0.2, 0.25) is 0 Å². The lowest BCUT2D eigenvalue weighted by Crippen LogP contribution is -2.43. The number of carboxylic acid groups (broad SMARTS) is 1. The van der Waals surface area contributed by atoms with Crippen LogP contribution in [0.5, 0.6) is 0 Å². The average molecular weight is 284 g/mol. The van der Waals surface area contributed by atoms with Crippen molar-refractivity contribution in [1.29, 1.82) is 0 Å². The first-order valence-corrected chi connectivity index (χ1v) is 7.01. The molecule has 0 radical (unpaired) electrons. The first kappa shape index (κ1) is 15.6. The number of rotatable bonds is 5. The highest BCUT2D eigenvalue weighted by Gasteiger charge is 2.37. The largest absolute Gasteiger partial charge is 0.481 e. The Hall–Kier alpha value is -1.43. The number of amides is 1. The van der Waals surface area contributed by atoms with E-state index in [4.69, 9.17) is 5.11 Å². The van der Waals surface area contributed by atoms with Gasteiger partial charge in [0.15, 0.2) is 0 Å². The second-order valence-electron chi connectivity index (χ2n) is 5.54. The maximum Gasteiger partial charge on any atom is 0.316 e. The Morgan fingerprint density at radius 2 is 2.11 bits per heavy atom. The van der Waals surface area contributed by atoms with Crippen LogP contribution in [0.3, 0.4) is 0 Å². The summed E-state index contributed by atoms with van der Waals surface area (Å²) in [7, 11) is 0. The lowest BCUT2D eigenvalue weighted by Gasteiger charge is -2.25. The predicted octanol–water partition coefficient (Wildman–Crippen LogP) is 1.86. The highest BCUT2D eigenvalue weighted by molar-refractivity contribution is 7.09. The van der Waals surface area contributed by atoms with Crippen molar-refractivity contribution >= 4 is 23.2 Å². The van der Waals surface area contributed by atoms with E-state index >= 15 is 0 Å². The first-order valence-electron chi connectivity index (χ1n) is 6.13.